The minimum atomic E-state index is 0.193. The van der Waals surface area contributed by atoms with Crippen LogP contribution in [-0.4, -0.2) is 36.0 Å². The van der Waals surface area contributed by atoms with Gasteiger partial charge >= 0.3 is 0 Å². The summed E-state index contributed by atoms with van der Waals surface area (Å²) >= 11 is 0. The Balaban J connectivity index is 1.39. The summed E-state index contributed by atoms with van der Waals surface area (Å²) in [6.45, 7) is 2.22. The van der Waals surface area contributed by atoms with Crippen molar-refractivity contribution >= 4 is 5.91 Å². The van der Waals surface area contributed by atoms with Gasteiger partial charge in [-0.15, -0.1) is 0 Å². The van der Waals surface area contributed by atoms with E-state index >= 15 is 0 Å². The second-order valence-electron chi connectivity index (χ2n) is 7.37. The van der Waals surface area contributed by atoms with Gasteiger partial charge in [0.25, 0.3) is 0 Å². The molecule has 1 aliphatic rings. The Morgan fingerprint density at radius 3 is 2.67 bits per heavy atom. The minimum absolute atomic E-state index is 0.193. The minimum Gasteiger partial charge on any atom is -0.493 e. The number of ether oxygens (including phenoxy) is 2. The van der Waals surface area contributed by atoms with Crippen molar-refractivity contribution < 1.29 is 18.7 Å². The summed E-state index contributed by atoms with van der Waals surface area (Å²) in [5.74, 6) is 1.98. The molecule has 0 bridgehead atoms. The van der Waals surface area contributed by atoms with Crippen LogP contribution in [0.1, 0.15) is 30.5 Å². The van der Waals surface area contributed by atoms with Crippen molar-refractivity contribution in [2.24, 2.45) is 0 Å². The summed E-state index contributed by atoms with van der Waals surface area (Å²) in [5.41, 5.74) is 2.67. The molecule has 4 rings (SSSR count). The first-order chi connectivity index (χ1) is 14.7. The summed E-state index contributed by atoms with van der Waals surface area (Å²) < 4.78 is 17.0. The Morgan fingerprint density at radius 2 is 1.90 bits per heavy atom. The summed E-state index contributed by atoms with van der Waals surface area (Å²) in [7, 11) is 1.61. The molecule has 2 aromatic carbocycles. The third-order valence-corrected chi connectivity index (χ3v) is 5.25. The van der Waals surface area contributed by atoms with Crippen LogP contribution in [0.2, 0.25) is 0 Å². The van der Waals surface area contributed by atoms with Crippen LogP contribution in [-0.2, 0) is 17.8 Å². The van der Waals surface area contributed by atoms with Crippen LogP contribution in [0, 0.1) is 0 Å². The van der Waals surface area contributed by atoms with Crippen molar-refractivity contribution in [2.45, 2.75) is 32.3 Å². The molecule has 6 nitrogen and oxygen atoms in total. The average molecular weight is 406 g/mol. The van der Waals surface area contributed by atoms with Gasteiger partial charge in [-0.25, -0.2) is 4.98 Å². The van der Waals surface area contributed by atoms with Crippen LogP contribution in [0.3, 0.4) is 0 Å². The maximum absolute atomic E-state index is 12.2. The van der Waals surface area contributed by atoms with Crippen LogP contribution < -0.4 is 9.47 Å². The van der Waals surface area contributed by atoms with E-state index in [2.05, 4.69) is 4.98 Å². The van der Waals surface area contributed by atoms with Crippen molar-refractivity contribution in [3.05, 3.63) is 66.1 Å². The van der Waals surface area contributed by atoms with E-state index in [0.29, 0.717) is 36.8 Å². The second-order valence-corrected chi connectivity index (χ2v) is 7.37. The molecule has 0 aliphatic carbocycles. The van der Waals surface area contributed by atoms with Gasteiger partial charge in [0, 0.05) is 31.5 Å². The molecule has 1 aromatic heterocycles. The largest absolute Gasteiger partial charge is 0.493 e. The molecule has 0 N–H and O–H groups in total. The van der Waals surface area contributed by atoms with Crippen LogP contribution in [0.25, 0.3) is 11.5 Å². The molecule has 1 aliphatic heterocycles. The molecule has 0 radical (unpaired) electrons. The van der Waals surface area contributed by atoms with Crippen molar-refractivity contribution in [2.75, 3.05) is 20.2 Å². The second kappa shape index (κ2) is 9.48. The summed E-state index contributed by atoms with van der Waals surface area (Å²) in [4.78, 5) is 18.7. The zero-order chi connectivity index (χ0) is 20.8. The highest BCUT2D eigenvalue weighted by Crippen LogP contribution is 2.33. The van der Waals surface area contributed by atoms with Gasteiger partial charge in [0.2, 0.25) is 11.8 Å². The summed E-state index contributed by atoms with van der Waals surface area (Å²) in [6, 6.07) is 15.6. The number of carbonyl (C=O) groups excluding carboxylic acids is 1. The summed E-state index contributed by atoms with van der Waals surface area (Å²) in [5, 5.41) is 0. The Bertz CT molecular complexity index is 978. The van der Waals surface area contributed by atoms with E-state index < -0.39 is 0 Å². The number of aromatic nitrogens is 1. The number of likely N-dealkylation sites (tertiary alicyclic amines) is 1. The van der Waals surface area contributed by atoms with E-state index in [9.17, 15) is 4.79 Å². The number of hydrogen-bond acceptors (Lipinski definition) is 5. The third-order valence-electron chi connectivity index (χ3n) is 5.25. The third kappa shape index (κ3) is 4.82. The van der Waals surface area contributed by atoms with E-state index in [1.165, 1.54) is 0 Å². The lowest BCUT2D eigenvalue weighted by Gasteiger charge is -2.14. The molecular weight excluding hydrogens is 380 g/mol. The van der Waals surface area contributed by atoms with Crippen molar-refractivity contribution in [1.82, 2.24) is 9.88 Å². The fourth-order valence-electron chi connectivity index (χ4n) is 3.57. The van der Waals surface area contributed by atoms with Crippen molar-refractivity contribution in [3.63, 3.8) is 0 Å². The molecular formula is C24H26N2O4. The molecule has 1 saturated heterocycles. The molecule has 1 amide bonds. The van der Waals surface area contributed by atoms with Crippen LogP contribution >= 0.6 is 0 Å². The Labute approximate surface area is 176 Å². The van der Waals surface area contributed by atoms with Gasteiger partial charge in [0.1, 0.15) is 12.9 Å². The first-order valence-electron chi connectivity index (χ1n) is 10.3. The predicted molar refractivity (Wildman–Crippen MR) is 113 cm³/mol. The normalized spacial score (nSPS) is 13.4. The Kier molecular flexibility index (Phi) is 6.32. The number of rotatable bonds is 8. The molecule has 0 unspecified atom stereocenters. The molecule has 0 saturated carbocycles. The highest BCUT2D eigenvalue weighted by molar-refractivity contribution is 5.76. The number of methoxy groups -OCH3 is 1. The lowest BCUT2D eigenvalue weighted by molar-refractivity contribution is -0.130. The van der Waals surface area contributed by atoms with Gasteiger partial charge < -0.3 is 18.8 Å². The van der Waals surface area contributed by atoms with E-state index in [1.54, 1.807) is 13.4 Å². The Morgan fingerprint density at radius 1 is 1.10 bits per heavy atom. The molecule has 30 heavy (non-hydrogen) atoms. The summed E-state index contributed by atoms with van der Waals surface area (Å²) in [6.07, 6.45) is 4.87. The molecule has 2 heterocycles. The zero-order valence-electron chi connectivity index (χ0n) is 17.2. The first kappa shape index (κ1) is 20.0. The highest BCUT2D eigenvalue weighted by atomic mass is 16.5. The van der Waals surface area contributed by atoms with Crippen molar-refractivity contribution in [1.29, 1.82) is 0 Å². The van der Waals surface area contributed by atoms with Gasteiger partial charge in [-0.1, -0.05) is 30.3 Å². The standard InChI is InChI=1S/C24H26N2O4/c1-28-22-15-19(9-11-21(22)29-16-18-7-3-2-4-8-18)24-25-20(17-30-24)10-12-23(27)26-13-5-6-14-26/h2-4,7-9,11,15,17H,5-6,10,12-14,16H2,1H3. The molecule has 6 heteroatoms. The number of amides is 1. The quantitative estimate of drug-likeness (QED) is 0.552. The monoisotopic (exact) mass is 406 g/mol. The van der Waals surface area contributed by atoms with Gasteiger partial charge in [-0.2, -0.15) is 0 Å². The van der Waals surface area contributed by atoms with Crippen LogP contribution in [0.4, 0.5) is 0 Å². The van der Waals surface area contributed by atoms with E-state index in [4.69, 9.17) is 13.9 Å². The van der Waals surface area contributed by atoms with E-state index in [-0.39, 0.29) is 5.91 Å². The lowest BCUT2D eigenvalue weighted by Crippen LogP contribution is -2.27. The average Bonchev–Trinajstić information content (AvgIpc) is 3.49. The van der Waals surface area contributed by atoms with Crippen LogP contribution in [0.15, 0.2) is 59.2 Å². The maximum atomic E-state index is 12.2. The van der Waals surface area contributed by atoms with Crippen molar-refractivity contribution in [3.8, 4) is 23.0 Å². The number of hydrogen-bond donors (Lipinski definition) is 0. The highest BCUT2D eigenvalue weighted by Gasteiger charge is 2.18. The molecule has 156 valence electrons. The van der Waals surface area contributed by atoms with Gasteiger partial charge in [0.15, 0.2) is 11.5 Å². The maximum Gasteiger partial charge on any atom is 0.226 e. The lowest BCUT2D eigenvalue weighted by atomic mass is 10.2. The first-order valence-corrected chi connectivity index (χ1v) is 10.3. The number of aryl methyl sites for hydroxylation is 1. The van der Waals surface area contributed by atoms with Gasteiger partial charge in [-0.05, 0) is 36.6 Å². The number of carbonyl (C=O) groups is 1. The molecule has 0 spiro atoms. The molecule has 3 aromatic rings. The van der Waals surface area contributed by atoms with Crippen LogP contribution in [0.5, 0.6) is 11.5 Å². The van der Waals surface area contributed by atoms with Gasteiger partial charge in [-0.3, -0.25) is 4.79 Å². The van der Waals surface area contributed by atoms with E-state index in [1.807, 2.05) is 53.4 Å². The number of nitrogens with zero attached hydrogens (tertiary/aromatic N) is 2. The topological polar surface area (TPSA) is 64.8 Å². The fourth-order valence-corrected chi connectivity index (χ4v) is 3.57. The number of oxazole rings is 1. The van der Waals surface area contributed by atoms with E-state index in [0.717, 1.165) is 42.8 Å². The molecule has 1 fully saturated rings. The Hall–Kier alpha value is -3.28. The fraction of sp³-hybridized carbons (Fsp3) is 0.333. The SMILES string of the molecule is COc1cc(-c2nc(CCC(=O)N3CCCC3)co2)ccc1OCc1ccccc1. The zero-order valence-corrected chi connectivity index (χ0v) is 17.2. The number of benzene rings is 2. The van der Waals surface area contributed by atoms with Gasteiger partial charge in [0.05, 0.1) is 12.8 Å². The molecule has 0 atom stereocenters. The predicted octanol–water partition coefficient (Wildman–Crippen LogP) is 4.48. The smallest absolute Gasteiger partial charge is 0.226 e.